The Morgan fingerprint density at radius 3 is 2.79 bits per heavy atom. The molecular formula is C17H25NS. The van der Waals surface area contributed by atoms with Crippen molar-refractivity contribution >= 4 is 11.3 Å². The molecule has 0 saturated heterocycles. The van der Waals surface area contributed by atoms with Crippen LogP contribution in [0.5, 0.6) is 0 Å². The third-order valence-electron chi connectivity index (χ3n) is 5.03. The molecule has 2 heteroatoms. The molecule has 0 aliphatic heterocycles. The quantitative estimate of drug-likeness (QED) is 0.794. The molecule has 1 fully saturated rings. The second-order valence-electron chi connectivity index (χ2n) is 6.97. The molecular weight excluding hydrogens is 250 g/mol. The lowest BCUT2D eigenvalue weighted by atomic mass is 9.86. The van der Waals surface area contributed by atoms with Crippen LogP contribution in [0, 0.1) is 17.8 Å². The predicted octanol–water partition coefficient (Wildman–Crippen LogP) is 4.22. The fourth-order valence-corrected chi connectivity index (χ4v) is 4.57. The average Bonchev–Trinajstić information content (AvgIpc) is 3.10. The summed E-state index contributed by atoms with van der Waals surface area (Å²) in [7, 11) is 0. The summed E-state index contributed by atoms with van der Waals surface area (Å²) in [5.74, 6) is 2.58. The first-order chi connectivity index (χ1) is 9.06. The second-order valence-corrected chi connectivity index (χ2v) is 7.92. The largest absolute Gasteiger partial charge is 0.313 e. The molecule has 1 N–H and O–H groups in total. The van der Waals surface area contributed by atoms with Crippen molar-refractivity contribution in [2.75, 3.05) is 6.54 Å². The summed E-state index contributed by atoms with van der Waals surface area (Å²) in [6.07, 6.45) is 7.70. The molecule has 0 amide bonds. The van der Waals surface area contributed by atoms with E-state index in [-0.39, 0.29) is 5.41 Å². The van der Waals surface area contributed by atoms with Crippen molar-refractivity contribution in [2.45, 2.75) is 45.1 Å². The number of hydrogen-bond donors (Lipinski definition) is 1. The topological polar surface area (TPSA) is 12.0 Å². The molecule has 2 bridgehead atoms. The summed E-state index contributed by atoms with van der Waals surface area (Å²) >= 11 is 1.87. The number of hydrogen-bond acceptors (Lipinski definition) is 2. The average molecular weight is 275 g/mol. The van der Waals surface area contributed by atoms with Crippen molar-refractivity contribution in [1.82, 2.24) is 5.32 Å². The van der Waals surface area contributed by atoms with Crippen LogP contribution < -0.4 is 5.32 Å². The van der Waals surface area contributed by atoms with Crippen LogP contribution in [-0.4, -0.2) is 12.6 Å². The van der Waals surface area contributed by atoms with Gasteiger partial charge in [-0.25, -0.2) is 0 Å². The lowest BCUT2D eigenvalue weighted by Gasteiger charge is -2.31. The van der Waals surface area contributed by atoms with Crippen molar-refractivity contribution in [3.05, 3.63) is 34.5 Å². The van der Waals surface area contributed by atoms with Gasteiger partial charge in [0.1, 0.15) is 0 Å². The van der Waals surface area contributed by atoms with Crippen molar-refractivity contribution in [2.24, 2.45) is 17.8 Å². The van der Waals surface area contributed by atoms with Gasteiger partial charge < -0.3 is 5.32 Å². The Balaban J connectivity index is 1.56. The minimum Gasteiger partial charge on any atom is -0.313 e. The molecule has 4 unspecified atom stereocenters. The molecule has 1 saturated carbocycles. The number of allylic oxidation sites excluding steroid dienone is 2. The van der Waals surface area contributed by atoms with E-state index in [1.54, 1.807) is 0 Å². The molecule has 2 aliphatic carbocycles. The fraction of sp³-hybridized carbons (Fsp3) is 0.647. The van der Waals surface area contributed by atoms with E-state index in [1.165, 1.54) is 17.7 Å². The zero-order chi connectivity index (χ0) is 13.5. The highest BCUT2D eigenvalue weighted by Crippen LogP contribution is 2.44. The number of thiophene rings is 1. The van der Waals surface area contributed by atoms with Crippen molar-refractivity contribution in [3.8, 4) is 0 Å². The highest BCUT2D eigenvalue weighted by atomic mass is 32.1. The first kappa shape index (κ1) is 13.4. The lowest BCUT2D eigenvalue weighted by Crippen LogP contribution is -2.42. The zero-order valence-electron chi connectivity index (χ0n) is 12.2. The highest BCUT2D eigenvalue weighted by molar-refractivity contribution is 7.10. The van der Waals surface area contributed by atoms with Crippen molar-refractivity contribution in [1.29, 1.82) is 0 Å². The Labute approximate surface area is 121 Å². The normalized spacial score (nSPS) is 31.0. The number of rotatable bonds is 5. The van der Waals surface area contributed by atoms with Gasteiger partial charge in [0.25, 0.3) is 0 Å². The fourth-order valence-electron chi connectivity index (χ4n) is 3.72. The maximum absolute atomic E-state index is 3.81. The van der Waals surface area contributed by atoms with Crippen LogP contribution in [-0.2, 0) is 5.41 Å². The Morgan fingerprint density at radius 2 is 2.21 bits per heavy atom. The third-order valence-corrected chi connectivity index (χ3v) is 6.26. The number of nitrogens with one attached hydrogen (secondary N) is 1. The standard InChI is InChI=1S/C17H25NS/c1-12(15-10-13-6-7-14(15)9-13)18-11-17(2,3)16-5-4-8-19-16/h4-8,12-15,18H,9-11H2,1-3H3. The summed E-state index contributed by atoms with van der Waals surface area (Å²) in [4.78, 5) is 1.49. The first-order valence-corrected chi connectivity index (χ1v) is 8.40. The molecule has 4 atom stereocenters. The summed E-state index contributed by atoms with van der Waals surface area (Å²) in [6, 6.07) is 5.06. The second kappa shape index (κ2) is 5.06. The van der Waals surface area contributed by atoms with Gasteiger partial charge in [-0.1, -0.05) is 32.1 Å². The van der Waals surface area contributed by atoms with E-state index in [0.717, 1.165) is 24.3 Å². The van der Waals surface area contributed by atoms with Crippen LogP contribution in [0.15, 0.2) is 29.7 Å². The van der Waals surface area contributed by atoms with Gasteiger partial charge in [0.15, 0.2) is 0 Å². The van der Waals surface area contributed by atoms with E-state index in [0.29, 0.717) is 6.04 Å². The van der Waals surface area contributed by atoms with Crippen LogP contribution in [0.2, 0.25) is 0 Å². The van der Waals surface area contributed by atoms with Crippen LogP contribution in [0.25, 0.3) is 0 Å². The maximum Gasteiger partial charge on any atom is 0.0115 e. The molecule has 1 aromatic rings. The zero-order valence-corrected chi connectivity index (χ0v) is 13.0. The molecule has 1 heterocycles. The predicted molar refractivity (Wildman–Crippen MR) is 83.7 cm³/mol. The van der Waals surface area contributed by atoms with E-state index in [9.17, 15) is 0 Å². The Morgan fingerprint density at radius 1 is 1.37 bits per heavy atom. The minimum absolute atomic E-state index is 0.246. The molecule has 3 rings (SSSR count). The van der Waals surface area contributed by atoms with E-state index in [4.69, 9.17) is 0 Å². The van der Waals surface area contributed by atoms with E-state index >= 15 is 0 Å². The van der Waals surface area contributed by atoms with Gasteiger partial charge in [0.05, 0.1) is 0 Å². The Hall–Kier alpha value is -0.600. The van der Waals surface area contributed by atoms with Crippen molar-refractivity contribution < 1.29 is 0 Å². The van der Waals surface area contributed by atoms with Crippen LogP contribution in [0.3, 0.4) is 0 Å². The highest BCUT2D eigenvalue weighted by Gasteiger charge is 2.38. The van der Waals surface area contributed by atoms with E-state index < -0.39 is 0 Å². The van der Waals surface area contributed by atoms with E-state index in [2.05, 4.69) is 55.8 Å². The molecule has 0 aromatic carbocycles. The van der Waals surface area contributed by atoms with Gasteiger partial charge in [0, 0.05) is 22.9 Å². The van der Waals surface area contributed by atoms with Gasteiger partial charge in [-0.3, -0.25) is 0 Å². The molecule has 0 spiro atoms. The summed E-state index contributed by atoms with van der Waals surface area (Å²) in [6.45, 7) is 8.15. The molecule has 2 aliphatic rings. The smallest absolute Gasteiger partial charge is 0.0115 e. The van der Waals surface area contributed by atoms with Gasteiger partial charge in [-0.05, 0) is 49.0 Å². The molecule has 19 heavy (non-hydrogen) atoms. The molecule has 104 valence electrons. The molecule has 1 aromatic heterocycles. The van der Waals surface area contributed by atoms with E-state index in [1.807, 2.05) is 11.3 Å². The SMILES string of the molecule is CC(NCC(C)(C)c1cccs1)C1CC2C=CC1C2. The van der Waals surface area contributed by atoms with Crippen molar-refractivity contribution in [3.63, 3.8) is 0 Å². The maximum atomic E-state index is 3.81. The summed E-state index contributed by atoms with van der Waals surface area (Å²) in [5, 5.41) is 5.99. The van der Waals surface area contributed by atoms with Crippen LogP contribution >= 0.6 is 11.3 Å². The molecule has 0 radical (unpaired) electrons. The minimum atomic E-state index is 0.246. The number of fused-ring (bicyclic) bond motifs is 2. The van der Waals surface area contributed by atoms with Gasteiger partial charge in [0.2, 0.25) is 0 Å². The van der Waals surface area contributed by atoms with Crippen LogP contribution in [0.4, 0.5) is 0 Å². The Kier molecular flexibility index (Phi) is 3.57. The third kappa shape index (κ3) is 2.66. The molecule has 1 nitrogen and oxygen atoms in total. The Bertz CT molecular complexity index is 446. The monoisotopic (exact) mass is 275 g/mol. The van der Waals surface area contributed by atoms with Gasteiger partial charge in [-0.15, -0.1) is 11.3 Å². The van der Waals surface area contributed by atoms with Gasteiger partial charge >= 0.3 is 0 Å². The summed E-state index contributed by atoms with van der Waals surface area (Å²) in [5.41, 5.74) is 0.246. The van der Waals surface area contributed by atoms with Crippen LogP contribution in [0.1, 0.15) is 38.5 Å². The van der Waals surface area contributed by atoms with Gasteiger partial charge in [-0.2, -0.15) is 0 Å². The first-order valence-electron chi connectivity index (χ1n) is 7.52. The summed E-state index contributed by atoms with van der Waals surface area (Å²) < 4.78 is 0. The lowest BCUT2D eigenvalue weighted by molar-refractivity contribution is 0.307.